The number of nitrogens with two attached hydrogens (primary N) is 1. The second-order valence-electron chi connectivity index (χ2n) is 3.08. The van der Waals surface area contributed by atoms with Crippen LogP contribution in [-0.4, -0.2) is 15.8 Å². The molecule has 0 saturated carbocycles. The SMILES string of the molecule is C=CCC(N)(CC=C)CC=C.O=[N+]([O-])O. The Morgan fingerprint density at radius 2 is 1.40 bits per heavy atom. The van der Waals surface area contributed by atoms with E-state index in [1.54, 1.807) is 0 Å². The highest BCUT2D eigenvalue weighted by Gasteiger charge is 2.18. The molecule has 0 aliphatic heterocycles. The molecule has 0 fully saturated rings. The van der Waals surface area contributed by atoms with E-state index in [-0.39, 0.29) is 5.54 Å². The van der Waals surface area contributed by atoms with Crippen molar-refractivity contribution in [2.45, 2.75) is 24.8 Å². The summed E-state index contributed by atoms with van der Waals surface area (Å²) in [6.07, 6.45) is 7.95. The van der Waals surface area contributed by atoms with Crippen LogP contribution in [0.5, 0.6) is 0 Å². The monoisotopic (exact) mass is 214 g/mol. The summed E-state index contributed by atoms with van der Waals surface area (Å²) in [4.78, 5) is 8.36. The van der Waals surface area contributed by atoms with Gasteiger partial charge >= 0.3 is 0 Å². The highest BCUT2D eigenvalue weighted by atomic mass is 16.9. The molecule has 5 heteroatoms. The molecule has 0 aromatic carbocycles. The van der Waals surface area contributed by atoms with Crippen LogP contribution in [0.15, 0.2) is 38.0 Å². The minimum absolute atomic E-state index is 0.203. The average molecular weight is 214 g/mol. The van der Waals surface area contributed by atoms with Crippen molar-refractivity contribution in [1.29, 1.82) is 0 Å². The standard InChI is InChI=1S/C10H17N.HNO3/c1-4-7-10(11,8-5-2)9-6-3;2-1(3)4/h4-6H,1-3,7-9,11H2;(H,2,3,4). The Morgan fingerprint density at radius 1 is 1.20 bits per heavy atom. The van der Waals surface area contributed by atoms with Crippen molar-refractivity contribution in [2.75, 3.05) is 0 Å². The van der Waals surface area contributed by atoms with Gasteiger partial charge in [-0.3, -0.25) is 0 Å². The predicted molar refractivity (Wildman–Crippen MR) is 60.1 cm³/mol. The molecular weight excluding hydrogens is 196 g/mol. The number of hydrogen-bond donors (Lipinski definition) is 2. The summed E-state index contributed by atoms with van der Waals surface area (Å²) in [5.74, 6) is 0. The molecule has 3 N–H and O–H groups in total. The van der Waals surface area contributed by atoms with Crippen LogP contribution >= 0.6 is 0 Å². The van der Waals surface area contributed by atoms with E-state index in [1.165, 1.54) is 0 Å². The summed E-state index contributed by atoms with van der Waals surface area (Å²) < 4.78 is 0. The van der Waals surface area contributed by atoms with Crippen LogP contribution in [0.25, 0.3) is 0 Å². The van der Waals surface area contributed by atoms with Gasteiger partial charge in [-0.05, 0) is 19.3 Å². The molecule has 0 bridgehead atoms. The molecule has 0 aromatic rings. The third kappa shape index (κ3) is 12.4. The smallest absolute Gasteiger partial charge is 0.291 e. The summed E-state index contributed by atoms with van der Waals surface area (Å²) >= 11 is 0. The molecule has 0 saturated heterocycles. The summed E-state index contributed by atoms with van der Waals surface area (Å²) in [5, 5.41) is 13.6. The van der Waals surface area contributed by atoms with Crippen molar-refractivity contribution in [3.05, 3.63) is 48.1 Å². The topological polar surface area (TPSA) is 89.4 Å². The van der Waals surface area contributed by atoms with E-state index in [1.807, 2.05) is 18.2 Å². The molecule has 0 aromatic heterocycles. The summed E-state index contributed by atoms with van der Waals surface area (Å²) in [6.45, 7) is 11.0. The number of rotatable bonds is 6. The Morgan fingerprint density at radius 3 is 1.53 bits per heavy atom. The Labute approximate surface area is 89.7 Å². The van der Waals surface area contributed by atoms with Crippen LogP contribution in [0.1, 0.15) is 19.3 Å². The highest BCUT2D eigenvalue weighted by molar-refractivity contribution is 4.99. The van der Waals surface area contributed by atoms with Gasteiger partial charge in [0, 0.05) is 5.54 Å². The lowest BCUT2D eigenvalue weighted by atomic mass is 9.89. The van der Waals surface area contributed by atoms with E-state index in [4.69, 9.17) is 21.1 Å². The maximum Gasteiger partial charge on any atom is 0.291 e. The highest BCUT2D eigenvalue weighted by Crippen LogP contribution is 2.17. The van der Waals surface area contributed by atoms with Crippen LogP contribution in [0.2, 0.25) is 0 Å². The number of hydrogen-bond acceptors (Lipinski definition) is 3. The van der Waals surface area contributed by atoms with E-state index >= 15 is 0 Å². The fourth-order valence-electron chi connectivity index (χ4n) is 1.11. The fraction of sp³-hybridized carbons (Fsp3) is 0.400. The van der Waals surface area contributed by atoms with Crippen LogP contribution in [0.3, 0.4) is 0 Å². The first-order valence-corrected chi connectivity index (χ1v) is 4.36. The zero-order valence-corrected chi connectivity index (χ0v) is 8.76. The normalized spacial score (nSPS) is 9.40. The van der Waals surface area contributed by atoms with E-state index < -0.39 is 5.09 Å². The maximum absolute atomic E-state index is 8.36. The molecule has 0 aliphatic carbocycles. The molecule has 0 unspecified atom stereocenters. The number of nitrogens with zero attached hydrogens (tertiary/aromatic N) is 1. The van der Waals surface area contributed by atoms with Gasteiger partial charge in [0.1, 0.15) is 0 Å². The van der Waals surface area contributed by atoms with Crippen molar-refractivity contribution in [3.63, 3.8) is 0 Å². The van der Waals surface area contributed by atoms with Crippen molar-refractivity contribution in [1.82, 2.24) is 0 Å². The summed E-state index contributed by atoms with van der Waals surface area (Å²) in [5.41, 5.74) is 5.81. The Balaban J connectivity index is 0. The zero-order valence-electron chi connectivity index (χ0n) is 8.76. The minimum Gasteiger partial charge on any atom is -0.328 e. The van der Waals surface area contributed by atoms with E-state index in [9.17, 15) is 0 Å². The van der Waals surface area contributed by atoms with Crippen molar-refractivity contribution in [3.8, 4) is 0 Å². The summed E-state index contributed by atoms with van der Waals surface area (Å²) in [6, 6.07) is 0. The molecule has 0 spiro atoms. The third-order valence-corrected chi connectivity index (χ3v) is 1.65. The zero-order chi connectivity index (χ0) is 12.3. The molecule has 86 valence electrons. The van der Waals surface area contributed by atoms with Gasteiger partial charge in [0.05, 0.1) is 0 Å². The Kier molecular flexibility index (Phi) is 9.45. The molecule has 0 radical (unpaired) electrons. The predicted octanol–water partition coefficient (Wildman–Crippen LogP) is 2.06. The lowest BCUT2D eigenvalue weighted by Gasteiger charge is -2.25. The van der Waals surface area contributed by atoms with Gasteiger partial charge in [0.2, 0.25) is 0 Å². The van der Waals surface area contributed by atoms with Crippen LogP contribution in [-0.2, 0) is 0 Å². The molecule has 15 heavy (non-hydrogen) atoms. The molecule has 5 nitrogen and oxygen atoms in total. The van der Waals surface area contributed by atoms with Crippen molar-refractivity contribution in [2.24, 2.45) is 5.73 Å². The lowest BCUT2D eigenvalue weighted by Crippen LogP contribution is -2.37. The summed E-state index contributed by atoms with van der Waals surface area (Å²) in [7, 11) is 0. The molecule has 0 atom stereocenters. The van der Waals surface area contributed by atoms with Gasteiger partial charge in [0.25, 0.3) is 5.09 Å². The molecule has 0 aliphatic rings. The molecule has 0 heterocycles. The molecule has 0 rings (SSSR count). The van der Waals surface area contributed by atoms with Gasteiger partial charge in [-0.15, -0.1) is 29.9 Å². The first kappa shape index (κ1) is 15.8. The van der Waals surface area contributed by atoms with Crippen molar-refractivity contribution >= 4 is 0 Å². The molecule has 0 amide bonds. The van der Waals surface area contributed by atoms with E-state index in [0.29, 0.717) is 0 Å². The van der Waals surface area contributed by atoms with Gasteiger partial charge in [-0.2, -0.15) is 0 Å². The van der Waals surface area contributed by atoms with Crippen molar-refractivity contribution < 1.29 is 10.3 Å². The minimum atomic E-state index is -1.50. The fourth-order valence-corrected chi connectivity index (χ4v) is 1.11. The van der Waals surface area contributed by atoms with Gasteiger partial charge in [-0.1, -0.05) is 18.2 Å². The Hall–Kier alpha value is -1.62. The van der Waals surface area contributed by atoms with Crippen LogP contribution < -0.4 is 5.73 Å². The lowest BCUT2D eigenvalue weighted by molar-refractivity contribution is -0.742. The second-order valence-corrected chi connectivity index (χ2v) is 3.08. The first-order valence-electron chi connectivity index (χ1n) is 4.36. The third-order valence-electron chi connectivity index (χ3n) is 1.65. The van der Waals surface area contributed by atoms with Gasteiger partial charge in [0.15, 0.2) is 0 Å². The average Bonchev–Trinajstić information content (AvgIpc) is 2.03. The Bertz CT molecular complexity index is 196. The quantitative estimate of drug-likeness (QED) is 0.402. The van der Waals surface area contributed by atoms with Crippen LogP contribution in [0, 0.1) is 10.1 Å². The van der Waals surface area contributed by atoms with Gasteiger partial charge < -0.3 is 10.9 Å². The van der Waals surface area contributed by atoms with Crippen LogP contribution in [0.4, 0.5) is 0 Å². The van der Waals surface area contributed by atoms with E-state index in [2.05, 4.69) is 19.7 Å². The molecular formula is C10H18N2O3. The maximum atomic E-state index is 8.36. The largest absolute Gasteiger partial charge is 0.328 e. The second kappa shape index (κ2) is 8.96. The van der Waals surface area contributed by atoms with Gasteiger partial charge in [-0.25, -0.2) is 0 Å². The van der Waals surface area contributed by atoms with E-state index in [0.717, 1.165) is 19.3 Å². The first-order chi connectivity index (χ1) is 6.91.